The molecular formula is C19H18FN3O3. The first-order valence-corrected chi connectivity index (χ1v) is 7.94. The Hall–Kier alpha value is -3.40. The number of carbonyl (C=O) groups excluding carboxylic acids is 1. The Morgan fingerprint density at radius 1 is 1.23 bits per heavy atom. The molecule has 2 aromatic rings. The van der Waals surface area contributed by atoms with Crippen LogP contribution in [0.3, 0.4) is 0 Å². The highest BCUT2D eigenvalue weighted by Crippen LogP contribution is 2.23. The fourth-order valence-corrected chi connectivity index (χ4v) is 2.40. The van der Waals surface area contributed by atoms with Crippen LogP contribution in [0.15, 0.2) is 48.5 Å². The van der Waals surface area contributed by atoms with E-state index in [0.717, 1.165) is 5.56 Å². The number of nitrogens with one attached hydrogen (secondary N) is 1. The highest BCUT2D eigenvalue weighted by molar-refractivity contribution is 5.77. The van der Waals surface area contributed by atoms with E-state index < -0.39 is 4.92 Å². The summed E-state index contributed by atoms with van der Waals surface area (Å²) >= 11 is 0. The average Bonchev–Trinajstić information content (AvgIpc) is 2.63. The molecule has 0 heterocycles. The lowest BCUT2D eigenvalue weighted by Gasteiger charge is -2.20. The molecule has 6 nitrogen and oxygen atoms in total. The van der Waals surface area contributed by atoms with Gasteiger partial charge in [0, 0.05) is 25.6 Å². The van der Waals surface area contributed by atoms with E-state index in [-0.39, 0.29) is 43.5 Å². The van der Waals surface area contributed by atoms with Gasteiger partial charge in [0.1, 0.15) is 11.5 Å². The molecule has 0 aliphatic carbocycles. The highest BCUT2D eigenvalue weighted by atomic mass is 19.1. The summed E-state index contributed by atoms with van der Waals surface area (Å²) in [5.41, 5.74) is 1.07. The number of halogens is 1. The number of terminal acetylenes is 1. The third-order valence-electron chi connectivity index (χ3n) is 3.68. The molecule has 0 bridgehead atoms. The molecular weight excluding hydrogens is 337 g/mol. The van der Waals surface area contributed by atoms with Crippen LogP contribution in [0.4, 0.5) is 15.8 Å². The molecule has 2 aromatic carbocycles. The van der Waals surface area contributed by atoms with E-state index in [1.807, 2.05) is 0 Å². The van der Waals surface area contributed by atoms with Gasteiger partial charge in [-0.2, -0.15) is 0 Å². The Morgan fingerprint density at radius 2 is 1.92 bits per heavy atom. The fourth-order valence-electron chi connectivity index (χ4n) is 2.40. The number of nitrogens with zero attached hydrogens (tertiary/aromatic N) is 2. The van der Waals surface area contributed by atoms with Crippen LogP contribution in [0, 0.1) is 28.3 Å². The van der Waals surface area contributed by atoms with Crippen LogP contribution in [0.5, 0.6) is 0 Å². The van der Waals surface area contributed by atoms with Crippen LogP contribution in [-0.2, 0) is 11.3 Å². The van der Waals surface area contributed by atoms with Crippen LogP contribution in [-0.4, -0.2) is 28.8 Å². The number of benzene rings is 2. The molecule has 0 saturated heterocycles. The summed E-state index contributed by atoms with van der Waals surface area (Å²) < 4.78 is 13.0. The second-order valence-corrected chi connectivity index (χ2v) is 5.53. The van der Waals surface area contributed by atoms with Gasteiger partial charge in [0.25, 0.3) is 5.69 Å². The Bertz CT molecular complexity index is 816. The first-order valence-electron chi connectivity index (χ1n) is 7.94. The standard InChI is InChI=1S/C19H18FN3O3/c1-2-13-22(14-15-7-9-16(20)10-8-15)19(24)11-12-21-17-5-3-4-6-18(17)23(25)26/h1,3-10,21H,11-14H2. The van der Waals surface area contributed by atoms with Crippen LogP contribution < -0.4 is 5.32 Å². The van der Waals surface area contributed by atoms with Crippen LogP contribution in [0.1, 0.15) is 12.0 Å². The predicted molar refractivity (Wildman–Crippen MR) is 96.9 cm³/mol. The Balaban J connectivity index is 1.94. The molecule has 0 fully saturated rings. The molecule has 0 unspecified atom stereocenters. The first-order chi connectivity index (χ1) is 12.5. The minimum atomic E-state index is -0.483. The van der Waals surface area contributed by atoms with Crippen molar-refractivity contribution in [2.45, 2.75) is 13.0 Å². The summed E-state index contributed by atoms with van der Waals surface area (Å²) in [5, 5.41) is 13.9. The number of rotatable bonds is 8. The average molecular weight is 355 g/mol. The van der Waals surface area contributed by atoms with E-state index in [1.165, 1.54) is 23.1 Å². The van der Waals surface area contributed by atoms with Gasteiger partial charge in [-0.05, 0) is 23.8 Å². The van der Waals surface area contributed by atoms with Crippen molar-refractivity contribution in [1.82, 2.24) is 4.90 Å². The van der Waals surface area contributed by atoms with Crippen LogP contribution >= 0.6 is 0 Å². The first kappa shape index (κ1) is 18.9. The lowest BCUT2D eigenvalue weighted by Crippen LogP contribution is -2.32. The molecule has 134 valence electrons. The van der Waals surface area contributed by atoms with Crippen molar-refractivity contribution in [1.29, 1.82) is 0 Å². The minimum Gasteiger partial charge on any atom is -0.379 e. The van der Waals surface area contributed by atoms with E-state index in [2.05, 4.69) is 11.2 Å². The molecule has 0 aliphatic rings. The van der Waals surface area contributed by atoms with Crippen molar-refractivity contribution < 1.29 is 14.1 Å². The summed E-state index contributed by atoms with van der Waals surface area (Å²) in [7, 11) is 0. The minimum absolute atomic E-state index is 0.0493. The van der Waals surface area contributed by atoms with Crippen molar-refractivity contribution >= 4 is 17.3 Å². The van der Waals surface area contributed by atoms with Gasteiger partial charge in [-0.25, -0.2) is 4.39 Å². The van der Waals surface area contributed by atoms with Gasteiger partial charge < -0.3 is 10.2 Å². The van der Waals surface area contributed by atoms with E-state index >= 15 is 0 Å². The zero-order valence-electron chi connectivity index (χ0n) is 14.0. The Morgan fingerprint density at radius 3 is 2.58 bits per heavy atom. The van der Waals surface area contributed by atoms with Gasteiger partial charge in [0.05, 0.1) is 11.5 Å². The summed E-state index contributed by atoms with van der Waals surface area (Å²) in [5.74, 6) is 1.89. The van der Waals surface area contributed by atoms with E-state index in [4.69, 9.17) is 6.42 Å². The number of hydrogen-bond donors (Lipinski definition) is 1. The third-order valence-corrected chi connectivity index (χ3v) is 3.68. The highest BCUT2D eigenvalue weighted by Gasteiger charge is 2.15. The lowest BCUT2D eigenvalue weighted by atomic mass is 10.2. The molecule has 0 aliphatic heterocycles. The van der Waals surface area contributed by atoms with Gasteiger partial charge in [-0.1, -0.05) is 30.2 Å². The van der Waals surface area contributed by atoms with Crippen molar-refractivity contribution in [3.8, 4) is 12.3 Å². The Labute approximate surface area is 150 Å². The maximum Gasteiger partial charge on any atom is 0.292 e. The van der Waals surface area contributed by atoms with Crippen molar-refractivity contribution in [2.75, 3.05) is 18.4 Å². The van der Waals surface area contributed by atoms with Crippen LogP contribution in [0.2, 0.25) is 0 Å². The molecule has 0 aromatic heterocycles. The molecule has 7 heteroatoms. The Kier molecular flexibility index (Phi) is 6.68. The SMILES string of the molecule is C#CCN(Cc1ccc(F)cc1)C(=O)CCNc1ccccc1[N+](=O)[O-]. The number of para-hydroxylation sites is 2. The monoisotopic (exact) mass is 355 g/mol. The van der Waals surface area contributed by atoms with E-state index in [1.54, 1.807) is 30.3 Å². The second kappa shape index (κ2) is 9.18. The summed E-state index contributed by atoms with van der Waals surface area (Å²) in [4.78, 5) is 24.4. The number of nitro groups is 1. The van der Waals surface area contributed by atoms with E-state index in [9.17, 15) is 19.3 Å². The quantitative estimate of drug-likeness (QED) is 0.448. The van der Waals surface area contributed by atoms with Gasteiger partial charge >= 0.3 is 0 Å². The number of amides is 1. The normalized spacial score (nSPS) is 10.0. The van der Waals surface area contributed by atoms with E-state index in [0.29, 0.717) is 5.69 Å². The fraction of sp³-hybridized carbons (Fsp3) is 0.211. The number of hydrogen-bond acceptors (Lipinski definition) is 4. The maximum absolute atomic E-state index is 13.0. The smallest absolute Gasteiger partial charge is 0.292 e. The predicted octanol–water partition coefficient (Wildman–Crippen LogP) is 3.20. The zero-order chi connectivity index (χ0) is 18.9. The zero-order valence-corrected chi connectivity index (χ0v) is 14.0. The molecule has 0 saturated carbocycles. The third kappa shape index (κ3) is 5.31. The molecule has 2 rings (SSSR count). The summed E-state index contributed by atoms with van der Waals surface area (Å²) in [6.45, 7) is 0.630. The molecule has 26 heavy (non-hydrogen) atoms. The molecule has 1 amide bonds. The number of carbonyl (C=O) groups is 1. The summed E-state index contributed by atoms with van der Waals surface area (Å²) in [6.07, 6.45) is 5.44. The van der Waals surface area contributed by atoms with Gasteiger partial charge in [0.15, 0.2) is 0 Å². The van der Waals surface area contributed by atoms with Crippen molar-refractivity contribution in [3.63, 3.8) is 0 Å². The lowest BCUT2D eigenvalue weighted by molar-refractivity contribution is -0.384. The summed E-state index contributed by atoms with van der Waals surface area (Å²) in [6, 6.07) is 12.1. The largest absolute Gasteiger partial charge is 0.379 e. The number of nitro benzene ring substituents is 1. The second-order valence-electron chi connectivity index (χ2n) is 5.53. The van der Waals surface area contributed by atoms with Crippen molar-refractivity contribution in [3.05, 3.63) is 70.0 Å². The molecule has 0 spiro atoms. The molecule has 1 N–H and O–H groups in total. The van der Waals surface area contributed by atoms with Crippen molar-refractivity contribution in [2.24, 2.45) is 0 Å². The van der Waals surface area contributed by atoms with Crippen LogP contribution in [0.25, 0.3) is 0 Å². The van der Waals surface area contributed by atoms with Gasteiger partial charge in [-0.15, -0.1) is 6.42 Å². The maximum atomic E-state index is 13.0. The number of anilines is 1. The molecule has 0 atom stereocenters. The van der Waals surface area contributed by atoms with Gasteiger partial charge in [-0.3, -0.25) is 14.9 Å². The van der Waals surface area contributed by atoms with Gasteiger partial charge in [0.2, 0.25) is 5.91 Å². The molecule has 0 radical (unpaired) electrons. The topological polar surface area (TPSA) is 75.5 Å².